The van der Waals surface area contributed by atoms with Crippen molar-refractivity contribution in [2.75, 3.05) is 7.11 Å². The van der Waals surface area contributed by atoms with Gasteiger partial charge in [-0.2, -0.15) is 0 Å². The van der Waals surface area contributed by atoms with Gasteiger partial charge in [-0.3, -0.25) is 0 Å². The summed E-state index contributed by atoms with van der Waals surface area (Å²) in [5.41, 5.74) is 7.94. The summed E-state index contributed by atoms with van der Waals surface area (Å²) in [6.45, 7) is 4.84. The number of rotatable bonds is 3. The van der Waals surface area contributed by atoms with Gasteiger partial charge < -0.3 is 10.5 Å². The number of ether oxygens (including phenoxy) is 1. The van der Waals surface area contributed by atoms with Crippen LogP contribution < -0.4 is 10.5 Å². The Kier molecular flexibility index (Phi) is 3.96. The monoisotopic (exact) mass is 257 g/mol. The van der Waals surface area contributed by atoms with Crippen LogP contribution in [0.2, 0.25) is 0 Å². The molecule has 0 fully saturated rings. The minimum atomic E-state index is 0.438. The van der Waals surface area contributed by atoms with E-state index in [0.29, 0.717) is 12.5 Å². The number of hydrogen-bond donors (Lipinski definition) is 1. The third-order valence-electron chi connectivity index (χ3n) is 2.19. The van der Waals surface area contributed by atoms with Crippen LogP contribution in [0.15, 0.2) is 16.6 Å². The van der Waals surface area contributed by atoms with Crippen molar-refractivity contribution >= 4 is 15.9 Å². The molecule has 2 N–H and O–H groups in total. The van der Waals surface area contributed by atoms with E-state index in [9.17, 15) is 0 Å². The maximum Gasteiger partial charge on any atom is 0.136 e. The molecule has 3 heteroatoms. The summed E-state index contributed by atoms with van der Waals surface area (Å²) in [5, 5.41) is 0. The number of nitrogens with two attached hydrogens (primary N) is 1. The van der Waals surface area contributed by atoms with Crippen molar-refractivity contribution in [3.8, 4) is 5.75 Å². The van der Waals surface area contributed by atoms with Crippen LogP contribution in [0.25, 0.3) is 0 Å². The molecule has 0 aliphatic carbocycles. The fraction of sp³-hybridized carbons (Fsp3) is 0.455. The fourth-order valence-corrected chi connectivity index (χ4v) is 2.12. The lowest BCUT2D eigenvalue weighted by Crippen LogP contribution is -2.01. The predicted octanol–water partition coefficient (Wildman–Crippen LogP) is 3.04. The first-order valence-corrected chi connectivity index (χ1v) is 5.45. The number of methoxy groups -OCH3 is 1. The molecule has 0 bridgehead atoms. The Bertz CT molecular complexity index is 323. The highest BCUT2D eigenvalue weighted by Crippen LogP contribution is 2.34. The average molecular weight is 258 g/mol. The van der Waals surface area contributed by atoms with Crippen molar-refractivity contribution in [1.82, 2.24) is 0 Å². The molecule has 14 heavy (non-hydrogen) atoms. The van der Waals surface area contributed by atoms with Crippen LogP contribution in [-0.2, 0) is 6.54 Å². The Morgan fingerprint density at radius 2 is 2.07 bits per heavy atom. The summed E-state index contributed by atoms with van der Waals surface area (Å²) in [4.78, 5) is 0. The van der Waals surface area contributed by atoms with Gasteiger partial charge in [0.25, 0.3) is 0 Å². The van der Waals surface area contributed by atoms with E-state index < -0.39 is 0 Å². The van der Waals surface area contributed by atoms with Gasteiger partial charge >= 0.3 is 0 Å². The summed E-state index contributed by atoms with van der Waals surface area (Å²) in [5.74, 6) is 1.35. The Hall–Kier alpha value is -0.540. The zero-order valence-electron chi connectivity index (χ0n) is 8.80. The van der Waals surface area contributed by atoms with Gasteiger partial charge in [0.1, 0.15) is 5.75 Å². The lowest BCUT2D eigenvalue weighted by Gasteiger charge is -2.15. The van der Waals surface area contributed by atoms with E-state index >= 15 is 0 Å². The van der Waals surface area contributed by atoms with E-state index in [-0.39, 0.29) is 0 Å². The third-order valence-corrected chi connectivity index (χ3v) is 2.78. The van der Waals surface area contributed by atoms with E-state index in [1.54, 1.807) is 7.11 Å². The van der Waals surface area contributed by atoms with Crippen LogP contribution >= 0.6 is 15.9 Å². The molecule has 0 aromatic heterocycles. The molecule has 1 rings (SSSR count). The molecule has 1 aromatic carbocycles. The van der Waals surface area contributed by atoms with Crippen molar-refractivity contribution in [3.05, 3.63) is 27.7 Å². The molecule has 0 unspecified atom stereocenters. The summed E-state index contributed by atoms with van der Waals surface area (Å²) >= 11 is 3.49. The molecule has 0 aliphatic heterocycles. The maximum atomic E-state index is 5.62. The van der Waals surface area contributed by atoms with Gasteiger partial charge in [-0.15, -0.1) is 0 Å². The average Bonchev–Trinajstić information content (AvgIpc) is 2.16. The number of hydrogen-bond acceptors (Lipinski definition) is 2. The van der Waals surface area contributed by atoms with Crippen molar-refractivity contribution in [3.63, 3.8) is 0 Å². The zero-order valence-corrected chi connectivity index (χ0v) is 10.4. The normalized spacial score (nSPS) is 10.7. The Balaban J connectivity index is 3.28. The molecule has 0 radical (unpaired) electrons. The first-order valence-electron chi connectivity index (χ1n) is 4.66. The maximum absolute atomic E-state index is 5.62. The van der Waals surface area contributed by atoms with E-state index in [4.69, 9.17) is 10.5 Å². The second-order valence-electron chi connectivity index (χ2n) is 3.56. The smallest absolute Gasteiger partial charge is 0.136 e. The van der Waals surface area contributed by atoms with Crippen LogP contribution in [0.4, 0.5) is 0 Å². The molecule has 0 spiro atoms. The topological polar surface area (TPSA) is 35.2 Å². The minimum Gasteiger partial charge on any atom is -0.495 e. The van der Waals surface area contributed by atoms with Crippen LogP contribution in [0.3, 0.4) is 0 Å². The first kappa shape index (κ1) is 11.5. The van der Waals surface area contributed by atoms with Crippen molar-refractivity contribution < 1.29 is 4.74 Å². The highest BCUT2D eigenvalue weighted by Gasteiger charge is 2.11. The molecule has 0 saturated heterocycles. The van der Waals surface area contributed by atoms with E-state index in [0.717, 1.165) is 15.8 Å². The van der Waals surface area contributed by atoms with E-state index in [1.807, 2.05) is 6.07 Å². The van der Waals surface area contributed by atoms with Gasteiger partial charge in [-0.05, 0) is 39.0 Å². The molecule has 0 aliphatic rings. The molecule has 0 atom stereocenters. The highest BCUT2D eigenvalue weighted by atomic mass is 79.9. The van der Waals surface area contributed by atoms with Gasteiger partial charge in [0.2, 0.25) is 0 Å². The summed E-state index contributed by atoms with van der Waals surface area (Å²) in [6.07, 6.45) is 0. The molecule has 78 valence electrons. The summed E-state index contributed by atoms with van der Waals surface area (Å²) in [6, 6.07) is 4.11. The highest BCUT2D eigenvalue weighted by molar-refractivity contribution is 9.10. The van der Waals surface area contributed by atoms with Crippen LogP contribution in [0.5, 0.6) is 5.75 Å². The van der Waals surface area contributed by atoms with E-state index in [1.165, 1.54) is 5.56 Å². The fourth-order valence-electron chi connectivity index (χ4n) is 1.44. The van der Waals surface area contributed by atoms with Crippen molar-refractivity contribution in [2.45, 2.75) is 26.3 Å². The molecule has 0 amide bonds. The van der Waals surface area contributed by atoms with Crippen molar-refractivity contribution in [2.24, 2.45) is 5.73 Å². The quantitative estimate of drug-likeness (QED) is 0.904. The van der Waals surface area contributed by atoms with Gasteiger partial charge in [0, 0.05) is 6.54 Å². The molecular weight excluding hydrogens is 242 g/mol. The lowest BCUT2D eigenvalue weighted by atomic mass is 9.99. The summed E-state index contributed by atoms with van der Waals surface area (Å²) < 4.78 is 6.33. The first-order chi connectivity index (χ1) is 6.60. The Morgan fingerprint density at radius 1 is 1.43 bits per heavy atom. The minimum absolute atomic E-state index is 0.438. The van der Waals surface area contributed by atoms with Gasteiger partial charge in [-0.25, -0.2) is 0 Å². The molecule has 1 aromatic rings. The molecule has 0 heterocycles. The van der Waals surface area contributed by atoms with Crippen LogP contribution in [-0.4, -0.2) is 7.11 Å². The summed E-state index contributed by atoms with van der Waals surface area (Å²) in [7, 11) is 1.69. The second-order valence-corrected chi connectivity index (χ2v) is 4.41. The van der Waals surface area contributed by atoms with Crippen LogP contribution in [0.1, 0.15) is 30.9 Å². The number of benzene rings is 1. The molecule has 2 nitrogen and oxygen atoms in total. The largest absolute Gasteiger partial charge is 0.495 e. The molecular formula is C11H16BrNO. The van der Waals surface area contributed by atoms with Gasteiger partial charge in [0.05, 0.1) is 11.6 Å². The van der Waals surface area contributed by atoms with Crippen LogP contribution in [0, 0.1) is 0 Å². The SMILES string of the molecule is COc1c(Br)cc(CN)cc1C(C)C. The van der Waals surface area contributed by atoms with E-state index in [2.05, 4.69) is 35.8 Å². The molecule has 0 saturated carbocycles. The van der Waals surface area contributed by atoms with Gasteiger partial charge in [-0.1, -0.05) is 19.9 Å². The van der Waals surface area contributed by atoms with Gasteiger partial charge in [0.15, 0.2) is 0 Å². The van der Waals surface area contributed by atoms with Crippen molar-refractivity contribution in [1.29, 1.82) is 0 Å². The lowest BCUT2D eigenvalue weighted by molar-refractivity contribution is 0.404. The Morgan fingerprint density at radius 3 is 2.50 bits per heavy atom. The third kappa shape index (κ3) is 2.28. The standard InChI is InChI=1S/C11H16BrNO/c1-7(2)9-4-8(6-13)5-10(12)11(9)14-3/h4-5,7H,6,13H2,1-3H3. The Labute approximate surface area is 93.6 Å². The number of halogens is 1. The zero-order chi connectivity index (χ0) is 10.7. The second kappa shape index (κ2) is 4.80. The predicted molar refractivity (Wildman–Crippen MR) is 62.7 cm³/mol.